The zero-order valence-corrected chi connectivity index (χ0v) is 13.8. The molecule has 0 atom stereocenters. The first-order valence-electron chi connectivity index (χ1n) is 8.33. The van der Waals surface area contributed by atoms with Gasteiger partial charge in [0.2, 0.25) is 0 Å². The van der Waals surface area contributed by atoms with E-state index in [0.29, 0.717) is 5.69 Å². The van der Waals surface area contributed by atoms with Crippen molar-refractivity contribution < 1.29 is 13.6 Å². The minimum Gasteiger partial charge on any atom is -0.371 e. The number of rotatable bonds is 6. The standard InChI is InChI=1S/C17H21F2N5O/c18-16(19)24-11-8-20-15(24)6-7-21-17(25)22-13-4-3-5-14(12-13)23-9-1-2-10-23/h3-5,8,11-12,16H,1-2,6-7,9-10H2,(H2,21,22,25). The summed E-state index contributed by atoms with van der Waals surface area (Å²) >= 11 is 0. The summed E-state index contributed by atoms with van der Waals surface area (Å²) in [5.74, 6) is 0.242. The summed E-state index contributed by atoms with van der Waals surface area (Å²) < 4.78 is 26.2. The molecule has 25 heavy (non-hydrogen) atoms. The van der Waals surface area contributed by atoms with Gasteiger partial charge in [-0.3, -0.25) is 4.57 Å². The predicted molar refractivity (Wildman–Crippen MR) is 92.1 cm³/mol. The number of nitrogens with one attached hydrogen (secondary N) is 2. The number of carbonyl (C=O) groups excluding carboxylic acids is 1. The number of nitrogens with zero attached hydrogens (tertiary/aromatic N) is 3. The normalized spacial score (nSPS) is 14.1. The van der Waals surface area contributed by atoms with Crippen molar-refractivity contribution in [3.8, 4) is 0 Å². The lowest BCUT2D eigenvalue weighted by atomic mass is 10.2. The van der Waals surface area contributed by atoms with Crippen LogP contribution in [0.15, 0.2) is 36.7 Å². The van der Waals surface area contributed by atoms with E-state index in [4.69, 9.17) is 0 Å². The van der Waals surface area contributed by atoms with Crippen LogP contribution >= 0.6 is 0 Å². The third-order valence-electron chi connectivity index (χ3n) is 4.17. The maximum absolute atomic E-state index is 12.7. The van der Waals surface area contributed by atoms with Gasteiger partial charge in [0.1, 0.15) is 5.82 Å². The molecule has 2 aromatic rings. The molecule has 1 fully saturated rings. The summed E-state index contributed by atoms with van der Waals surface area (Å²) in [5.41, 5.74) is 1.80. The molecule has 3 rings (SSSR count). The summed E-state index contributed by atoms with van der Waals surface area (Å²) in [6.45, 7) is -0.333. The minimum absolute atomic E-state index is 0.224. The van der Waals surface area contributed by atoms with Gasteiger partial charge < -0.3 is 15.5 Å². The van der Waals surface area contributed by atoms with Crippen molar-refractivity contribution in [2.45, 2.75) is 25.8 Å². The Kier molecular flexibility index (Phi) is 5.47. The van der Waals surface area contributed by atoms with E-state index in [9.17, 15) is 13.6 Å². The molecule has 0 unspecified atom stereocenters. The van der Waals surface area contributed by atoms with E-state index in [0.717, 1.165) is 23.3 Å². The number of hydrogen-bond acceptors (Lipinski definition) is 3. The van der Waals surface area contributed by atoms with E-state index in [1.807, 2.05) is 24.3 Å². The van der Waals surface area contributed by atoms with Gasteiger partial charge in [0.05, 0.1) is 0 Å². The summed E-state index contributed by atoms with van der Waals surface area (Å²) in [6.07, 6.45) is 5.16. The zero-order valence-electron chi connectivity index (χ0n) is 13.8. The van der Waals surface area contributed by atoms with Crippen LogP contribution in [0.2, 0.25) is 0 Å². The monoisotopic (exact) mass is 349 g/mol. The number of benzene rings is 1. The highest BCUT2D eigenvalue weighted by Gasteiger charge is 2.13. The number of urea groups is 1. The van der Waals surface area contributed by atoms with Gasteiger partial charge in [-0.2, -0.15) is 8.78 Å². The number of imidazole rings is 1. The molecule has 1 aromatic heterocycles. The topological polar surface area (TPSA) is 62.2 Å². The van der Waals surface area contributed by atoms with Crippen LogP contribution in [0.4, 0.5) is 25.0 Å². The molecule has 134 valence electrons. The number of aromatic nitrogens is 2. The average Bonchev–Trinajstić information content (AvgIpc) is 3.27. The minimum atomic E-state index is -2.63. The highest BCUT2D eigenvalue weighted by molar-refractivity contribution is 5.89. The molecule has 2 amide bonds. The fourth-order valence-electron chi connectivity index (χ4n) is 2.93. The van der Waals surface area contributed by atoms with Crippen molar-refractivity contribution in [3.63, 3.8) is 0 Å². The lowest BCUT2D eigenvalue weighted by molar-refractivity contribution is 0.0670. The number of amides is 2. The third kappa shape index (κ3) is 4.46. The van der Waals surface area contributed by atoms with Gasteiger partial charge in [-0.25, -0.2) is 9.78 Å². The van der Waals surface area contributed by atoms with Crippen LogP contribution in [0, 0.1) is 0 Å². The van der Waals surface area contributed by atoms with Crippen LogP contribution in [0.1, 0.15) is 25.2 Å². The largest absolute Gasteiger partial charge is 0.371 e. The van der Waals surface area contributed by atoms with Crippen molar-refractivity contribution in [1.29, 1.82) is 0 Å². The molecule has 0 aliphatic carbocycles. The first kappa shape index (κ1) is 17.2. The molecule has 0 radical (unpaired) electrons. The second kappa shape index (κ2) is 7.96. The van der Waals surface area contributed by atoms with Crippen molar-refractivity contribution in [1.82, 2.24) is 14.9 Å². The van der Waals surface area contributed by atoms with E-state index in [2.05, 4.69) is 20.5 Å². The van der Waals surface area contributed by atoms with Crippen molar-refractivity contribution in [3.05, 3.63) is 42.5 Å². The Balaban J connectivity index is 1.49. The Morgan fingerprint density at radius 2 is 2.08 bits per heavy atom. The van der Waals surface area contributed by atoms with Crippen LogP contribution in [-0.4, -0.2) is 35.2 Å². The van der Waals surface area contributed by atoms with Crippen molar-refractivity contribution >= 4 is 17.4 Å². The summed E-state index contributed by atoms with van der Waals surface area (Å²) in [7, 11) is 0. The maximum Gasteiger partial charge on any atom is 0.319 e. The maximum atomic E-state index is 12.7. The Bertz CT molecular complexity index is 713. The van der Waals surface area contributed by atoms with Gasteiger partial charge in [0.25, 0.3) is 0 Å². The Labute approximate surface area is 144 Å². The van der Waals surface area contributed by atoms with Crippen LogP contribution < -0.4 is 15.5 Å². The first-order valence-corrected chi connectivity index (χ1v) is 8.33. The molecule has 0 bridgehead atoms. The fourth-order valence-corrected chi connectivity index (χ4v) is 2.93. The van der Waals surface area contributed by atoms with Crippen molar-refractivity contribution in [2.24, 2.45) is 0 Å². The van der Waals surface area contributed by atoms with E-state index in [-0.39, 0.29) is 24.8 Å². The van der Waals surface area contributed by atoms with Gasteiger partial charge in [-0.05, 0) is 31.0 Å². The average molecular weight is 349 g/mol. The molecule has 1 aromatic carbocycles. The number of carbonyl (C=O) groups is 1. The first-order chi connectivity index (χ1) is 12.1. The lowest BCUT2D eigenvalue weighted by Gasteiger charge is -2.18. The predicted octanol–water partition coefficient (Wildman–Crippen LogP) is 3.24. The van der Waals surface area contributed by atoms with Crippen LogP contribution in [0.5, 0.6) is 0 Å². The van der Waals surface area contributed by atoms with E-state index in [1.54, 1.807) is 0 Å². The smallest absolute Gasteiger partial charge is 0.319 e. The van der Waals surface area contributed by atoms with Gasteiger partial charge in [-0.1, -0.05) is 6.07 Å². The number of halogens is 2. The number of anilines is 2. The molecule has 1 aliphatic rings. The SMILES string of the molecule is O=C(NCCc1nccn1C(F)F)Nc1cccc(N2CCCC2)c1. The molecule has 2 N–H and O–H groups in total. The van der Waals surface area contributed by atoms with Crippen LogP contribution in [0.25, 0.3) is 0 Å². The summed E-state index contributed by atoms with van der Waals surface area (Å²) in [6, 6.07) is 7.33. The molecular weight excluding hydrogens is 328 g/mol. The van der Waals surface area contributed by atoms with E-state index >= 15 is 0 Å². The Morgan fingerprint density at radius 3 is 2.84 bits per heavy atom. The molecule has 1 aliphatic heterocycles. The van der Waals surface area contributed by atoms with Crippen LogP contribution in [0.3, 0.4) is 0 Å². The van der Waals surface area contributed by atoms with Gasteiger partial charge in [0, 0.05) is 49.8 Å². The molecule has 0 spiro atoms. The van der Waals surface area contributed by atoms with Gasteiger partial charge in [0.15, 0.2) is 0 Å². The quantitative estimate of drug-likeness (QED) is 0.842. The Morgan fingerprint density at radius 1 is 1.28 bits per heavy atom. The summed E-state index contributed by atoms with van der Waals surface area (Å²) in [4.78, 5) is 18.1. The van der Waals surface area contributed by atoms with E-state index in [1.165, 1.54) is 25.2 Å². The van der Waals surface area contributed by atoms with Gasteiger partial charge >= 0.3 is 12.6 Å². The molecule has 1 saturated heterocycles. The molecule has 6 nitrogen and oxygen atoms in total. The third-order valence-corrected chi connectivity index (χ3v) is 4.17. The second-order valence-corrected chi connectivity index (χ2v) is 5.90. The Hall–Kier alpha value is -2.64. The highest BCUT2D eigenvalue weighted by atomic mass is 19.3. The molecule has 2 heterocycles. The fraction of sp³-hybridized carbons (Fsp3) is 0.412. The van der Waals surface area contributed by atoms with E-state index < -0.39 is 6.55 Å². The van der Waals surface area contributed by atoms with Crippen LogP contribution in [-0.2, 0) is 6.42 Å². The summed E-state index contributed by atoms with van der Waals surface area (Å²) in [5, 5.41) is 5.43. The number of hydrogen-bond donors (Lipinski definition) is 2. The van der Waals surface area contributed by atoms with Crippen molar-refractivity contribution in [2.75, 3.05) is 29.9 Å². The number of alkyl halides is 2. The molecular formula is C17H21F2N5O. The molecule has 0 saturated carbocycles. The highest BCUT2D eigenvalue weighted by Crippen LogP contribution is 2.23. The van der Waals surface area contributed by atoms with Gasteiger partial charge in [-0.15, -0.1) is 0 Å². The lowest BCUT2D eigenvalue weighted by Crippen LogP contribution is -2.31. The second-order valence-electron chi connectivity index (χ2n) is 5.90. The molecule has 8 heteroatoms. The zero-order chi connectivity index (χ0) is 17.6.